The highest BCUT2D eigenvalue weighted by Gasteiger charge is 2.26. The van der Waals surface area contributed by atoms with Crippen molar-refractivity contribution < 1.29 is 14.1 Å². The van der Waals surface area contributed by atoms with Crippen LogP contribution in [0.15, 0.2) is 10.6 Å². The molecule has 1 amide bonds. The fraction of sp³-hybridized carbons (Fsp3) is 0.692. The number of nitrogens with zero attached hydrogens (tertiary/aromatic N) is 1. The Kier molecular flexibility index (Phi) is 5.22. The lowest BCUT2D eigenvalue weighted by Gasteiger charge is -2.30. The Bertz CT molecular complexity index is 422. The van der Waals surface area contributed by atoms with Gasteiger partial charge in [0.2, 0.25) is 0 Å². The molecule has 1 aliphatic carbocycles. The van der Waals surface area contributed by atoms with E-state index in [1.807, 2.05) is 0 Å². The minimum absolute atomic E-state index is 0.140. The molecular formula is C13H19ClN2O3. The van der Waals surface area contributed by atoms with Crippen LogP contribution in [0.5, 0.6) is 0 Å². The Morgan fingerprint density at radius 2 is 2.37 bits per heavy atom. The second kappa shape index (κ2) is 6.91. The molecule has 6 heteroatoms. The van der Waals surface area contributed by atoms with Gasteiger partial charge in [-0.2, -0.15) is 0 Å². The maximum atomic E-state index is 12.1. The number of carbonyl (C=O) groups is 1. The second-order valence-corrected chi connectivity index (χ2v) is 5.20. The first kappa shape index (κ1) is 14.3. The quantitative estimate of drug-likeness (QED) is 0.844. The molecular weight excluding hydrogens is 268 g/mol. The summed E-state index contributed by atoms with van der Waals surface area (Å²) >= 11 is 5.95. The van der Waals surface area contributed by atoms with Gasteiger partial charge in [0, 0.05) is 25.1 Å². The third kappa shape index (κ3) is 3.70. The van der Waals surface area contributed by atoms with Gasteiger partial charge in [-0.3, -0.25) is 4.79 Å². The van der Waals surface area contributed by atoms with Crippen molar-refractivity contribution in [2.45, 2.75) is 38.3 Å². The lowest BCUT2D eigenvalue weighted by atomic mass is 9.85. The molecule has 1 fully saturated rings. The first-order chi connectivity index (χ1) is 9.24. The number of rotatable bonds is 5. The SMILES string of the molecule is COCc1cc(C(=O)NC2CCCCC2CCl)no1. The van der Waals surface area contributed by atoms with E-state index in [2.05, 4.69) is 10.5 Å². The number of alkyl halides is 1. The summed E-state index contributed by atoms with van der Waals surface area (Å²) in [4.78, 5) is 12.1. The van der Waals surface area contributed by atoms with Crippen LogP contribution in [-0.4, -0.2) is 30.1 Å². The van der Waals surface area contributed by atoms with E-state index in [9.17, 15) is 4.79 Å². The average Bonchev–Trinajstić information content (AvgIpc) is 2.88. The highest BCUT2D eigenvalue weighted by Crippen LogP contribution is 2.25. The summed E-state index contributed by atoms with van der Waals surface area (Å²) in [6.07, 6.45) is 4.37. The molecule has 0 bridgehead atoms. The third-order valence-corrected chi connectivity index (χ3v) is 3.90. The van der Waals surface area contributed by atoms with Crippen molar-refractivity contribution in [3.63, 3.8) is 0 Å². The number of amides is 1. The predicted molar refractivity (Wildman–Crippen MR) is 71.1 cm³/mol. The number of ether oxygens (including phenoxy) is 1. The van der Waals surface area contributed by atoms with Crippen molar-refractivity contribution in [2.24, 2.45) is 5.92 Å². The zero-order valence-electron chi connectivity index (χ0n) is 11.0. The molecule has 1 heterocycles. The lowest BCUT2D eigenvalue weighted by Crippen LogP contribution is -2.42. The zero-order chi connectivity index (χ0) is 13.7. The van der Waals surface area contributed by atoms with Gasteiger partial charge in [0.15, 0.2) is 11.5 Å². The molecule has 0 aromatic carbocycles. The fourth-order valence-corrected chi connectivity index (χ4v) is 2.82. The van der Waals surface area contributed by atoms with Gasteiger partial charge in [0.25, 0.3) is 5.91 Å². The monoisotopic (exact) mass is 286 g/mol. The fourth-order valence-electron chi connectivity index (χ4n) is 2.45. The summed E-state index contributed by atoms with van der Waals surface area (Å²) in [5, 5.41) is 6.76. The Hall–Kier alpha value is -1.07. The Morgan fingerprint density at radius 3 is 3.11 bits per heavy atom. The summed E-state index contributed by atoms with van der Waals surface area (Å²) in [5.41, 5.74) is 0.297. The summed E-state index contributed by atoms with van der Waals surface area (Å²) in [5.74, 6) is 1.28. The van der Waals surface area contributed by atoms with Gasteiger partial charge in [-0.05, 0) is 18.8 Å². The standard InChI is InChI=1S/C13H19ClN2O3/c1-18-8-10-6-12(16-19-10)13(17)15-11-5-3-2-4-9(11)7-14/h6,9,11H,2-5,7-8H2,1H3,(H,15,17). The van der Waals surface area contributed by atoms with Crippen LogP contribution in [0.25, 0.3) is 0 Å². The number of hydrogen-bond donors (Lipinski definition) is 1. The highest BCUT2D eigenvalue weighted by molar-refractivity contribution is 6.18. The maximum Gasteiger partial charge on any atom is 0.273 e. The van der Waals surface area contributed by atoms with E-state index in [4.69, 9.17) is 20.9 Å². The van der Waals surface area contributed by atoms with Gasteiger partial charge in [-0.1, -0.05) is 18.0 Å². The third-order valence-electron chi connectivity index (χ3n) is 3.50. The average molecular weight is 287 g/mol. The number of aromatic nitrogens is 1. The molecule has 0 saturated heterocycles. The van der Waals surface area contributed by atoms with Crippen LogP contribution in [-0.2, 0) is 11.3 Å². The van der Waals surface area contributed by atoms with Crippen molar-refractivity contribution in [3.05, 3.63) is 17.5 Å². The zero-order valence-corrected chi connectivity index (χ0v) is 11.8. The maximum absolute atomic E-state index is 12.1. The van der Waals surface area contributed by atoms with Crippen LogP contribution >= 0.6 is 11.6 Å². The number of methoxy groups -OCH3 is 1. The molecule has 0 radical (unpaired) electrons. The molecule has 5 nitrogen and oxygen atoms in total. The molecule has 1 saturated carbocycles. The predicted octanol–water partition coefficient (Wildman–Crippen LogP) is 2.35. The molecule has 1 aliphatic rings. The Labute approximate surface area is 117 Å². The van der Waals surface area contributed by atoms with Crippen molar-refractivity contribution in [1.82, 2.24) is 10.5 Å². The smallest absolute Gasteiger partial charge is 0.273 e. The largest absolute Gasteiger partial charge is 0.377 e. The normalized spacial score (nSPS) is 23.3. The van der Waals surface area contributed by atoms with Crippen LogP contribution in [0.1, 0.15) is 41.9 Å². The summed E-state index contributed by atoms with van der Waals surface area (Å²) in [6, 6.07) is 1.75. The molecule has 0 aliphatic heterocycles. The topological polar surface area (TPSA) is 64.4 Å². The number of nitrogens with one attached hydrogen (secondary N) is 1. The van der Waals surface area contributed by atoms with Crippen molar-refractivity contribution >= 4 is 17.5 Å². The van der Waals surface area contributed by atoms with Gasteiger partial charge in [0.05, 0.1) is 0 Å². The van der Waals surface area contributed by atoms with Crippen molar-refractivity contribution in [1.29, 1.82) is 0 Å². The minimum Gasteiger partial charge on any atom is -0.377 e. The molecule has 2 atom stereocenters. The van der Waals surface area contributed by atoms with Crippen LogP contribution in [0.3, 0.4) is 0 Å². The van der Waals surface area contributed by atoms with Crippen LogP contribution < -0.4 is 5.32 Å². The van der Waals surface area contributed by atoms with E-state index in [0.29, 0.717) is 29.9 Å². The molecule has 106 valence electrons. The summed E-state index contributed by atoms with van der Waals surface area (Å²) < 4.78 is 9.93. The van der Waals surface area contributed by atoms with E-state index in [1.54, 1.807) is 13.2 Å². The first-order valence-electron chi connectivity index (χ1n) is 6.56. The van der Waals surface area contributed by atoms with Gasteiger partial charge in [-0.25, -0.2) is 0 Å². The van der Waals surface area contributed by atoms with Gasteiger partial charge in [0.1, 0.15) is 6.61 Å². The van der Waals surface area contributed by atoms with Crippen LogP contribution in [0.4, 0.5) is 0 Å². The van der Waals surface area contributed by atoms with E-state index in [1.165, 1.54) is 6.42 Å². The molecule has 1 aromatic rings. The number of halogens is 1. The molecule has 0 spiro atoms. The van der Waals surface area contributed by atoms with Crippen LogP contribution in [0, 0.1) is 5.92 Å². The molecule has 1 N–H and O–H groups in total. The van der Waals surface area contributed by atoms with Gasteiger partial charge < -0.3 is 14.6 Å². The summed E-state index contributed by atoms with van der Waals surface area (Å²) in [7, 11) is 1.56. The second-order valence-electron chi connectivity index (χ2n) is 4.89. The van der Waals surface area contributed by atoms with E-state index < -0.39 is 0 Å². The first-order valence-corrected chi connectivity index (χ1v) is 7.09. The van der Waals surface area contributed by atoms with Crippen molar-refractivity contribution in [3.8, 4) is 0 Å². The molecule has 1 aromatic heterocycles. The van der Waals surface area contributed by atoms with Crippen LogP contribution in [0.2, 0.25) is 0 Å². The van der Waals surface area contributed by atoms with E-state index in [0.717, 1.165) is 19.3 Å². The van der Waals surface area contributed by atoms with E-state index >= 15 is 0 Å². The highest BCUT2D eigenvalue weighted by atomic mass is 35.5. The Morgan fingerprint density at radius 1 is 1.58 bits per heavy atom. The molecule has 2 rings (SSSR count). The van der Waals surface area contributed by atoms with Crippen molar-refractivity contribution in [2.75, 3.05) is 13.0 Å². The summed E-state index contributed by atoms with van der Waals surface area (Å²) in [6.45, 7) is 0.314. The lowest BCUT2D eigenvalue weighted by molar-refractivity contribution is 0.0901. The Balaban J connectivity index is 1.95. The molecule has 2 unspecified atom stereocenters. The molecule has 19 heavy (non-hydrogen) atoms. The number of carbonyl (C=O) groups excluding carboxylic acids is 1. The minimum atomic E-state index is -0.201. The van der Waals surface area contributed by atoms with Gasteiger partial charge in [-0.15, -0.1) is 11.6 Å². The number of hydrogen-bond acceptors (Lipinski definition) is 4. The van der Waals surface area contributed by atoms with Gasteiger partial charge >= 0.3 is 0 Å². The van der Waals surface area contributed by atoms with E-state index in [-0.39, 0.29) is 11.9 Å².